The van der Waals surface area contributed by atoms with Gasteiger partial charge in [-0.2, -0.15) is 0 Å². The van der Waals surface area contributed by atoms with Crippen LogP contribution in [0, 0.1) is 17.6 Å². The number of carbonyl (C=O) groups excluding carboxylic acids is 1. The fourth-order valence-electron chi connectivity index (χ4n) is 1.79. The number of carboxylic acids is 1. The van der Waals surface area contributed by atoms with Crippen LogP contribution in [0.15, 0.2) is 18.2 Å². The first kappa shape index (κ1) is 13.5. The fraction of sp³-hybridized carbons (Fsp3) is 0.385. The molecule has 1 aliphatic carbocycles. The van der Waals surface area contributed by atoms with E-state index in [0.29, 0.717) is 12.3 Å². The monoisotopic (exact) mass is 269 g/mol. The number of rotatable bonds is 5. The lowest BCUT2D eigenvalue weighted by Crippen LogP contribution is -2.41. The summed E-state index contributed by atoms with van der Waals surface area (Å²) in [7, 11) is 0. The highest BCUT2D eigenvalue weighted by molar-refractivity contribution is 5.96. The van der Waals surface area contributed by atoms with Crippen molar-refractivity contribution in [3.8, 4) is 0 Å². The number of hydrogen-bond donors (Lipinski definition) is 2. The number of nitrogens with one attached hydrogen (secondary N) is 1. The summed E-state index contributed by atoms with van der Waals surface area (Å²) in [5.74, 6) is -3.70. The minimum Gasteiger partial charge on any atom is -0.480 e. The molecule has 0 radical (unpaired) electrons. The summed E-state index contributed by atoms with van der Waals surface area (Å²) >= 11 is 0. The topological polar surface area (TPSA) is 66.4 Å². The van der Waals surface area contributed by atoms with Crippen molar-refractivity contribution in [1.82, 2.24) is 5.32 Å². The predicted octanol–water partition coefficient (Wildman–Crippen LogP) is 1.95. The average molecular weight is 269 g/mol. The van der Waals surface area contributed by atoms with E-state index in [1.807, 2.05) is 0 Å². The zero-order valence-electron chi connectivity index (χ0n) is 10.0. The van der Waals surface area contributed by atoms with Crippen LogP contribution in [0.4, 0.5) is 8.78 Å². The van der Waals surface area contributed by atoms with Gasteiger partial charge in [-0.25, -0.2) is 13.6 Å². The van der Waals surface area contributed by atoms with Gasteiger partial charge < -0.3 is 10.4 Å². The summed E-state index contributed by atoms with van der Waals surface area (Å²) in [6.45, 7) is 0. The third kappa shape index (κ3) is 3.49. The molecule has 4 nitrogen and oxygen atoms in total. The van der Waals surface area contributed by atoms with Gasteiger partial charge in [0, 0.05) is 5.56 Å². The molecule has 0 aliphatic heterocycles. The highest BCUT2D eigenvalue weighted by Gasteiger charge is 2.30. The lowest BCUT2D eigenvalue weighted by atomic mass is 10.1. The standard InChI is InChI=1S/C13H13F2NO3/c14-9-4-3-8(6-10(9)15)12(17)16-11(13(18)19)5-7-1-2-7/h3-4,6-7,11H,1-2,5H2,(H,16,17)(H,18,19)/t11-/m0/s1. The Bertz CT molecular complexity index is 515. The molecule has 0 heterocycles. The number of aliphatic carboxylic acids is 1. The van der Waals surface area contributed by atoms with Gasteiger partial charge in [0.05, 0.1) is 0 Å². The van der Waals surface area contributed by atoms with Crippen LogP contribution in [0.3, 0.4) is 0 Å². The number of halogens is 2. The summed E-state index contributed by atoms with van der Waals surface area (Å²) in [4.78, 5) is 22.8. The molecule has 2 rings (SSSR count). The van der Waals surface area contributed by atoms with Crippen LogP contribution in [0.5, 0.6) is 0 Å². The second-order valence-electron chi connectivity index (χ2n) is 4.67. The molecule has 0 bridgehead atoms. The summed E-state index contributed by atoms with van der Waals surface area (Å²) in [5.41, 5.74) is -0.0963. The van der Waals surface area contributed by atoms with Crippen molar-refractivity contribution in [2.45, 2.75) is 25.3 Å². The Morgan fingerprint density at radius 1 is 1.32 bits per heavy atom. The van der Waals surface area contributed by atoms with Crippen LogP contribution in [-0.4, -0.2) is 23.0 Å². The summed E-state index contributed by atoms with van der Waals surface area (Å²) < 4.78 is 25.7. The first-order chi connectivity index (χ1) is 8.97. The minimum atomic E-state index is -1.14. The number of carboxylic acid groups (broad SMARTS) is 1. The number of benzene rings is 1. The summed E-state index contributed by atoms with van der Waals surface area (Å²) in [5, 5.41) is 11.3. The van der Waals surface area contributed by atoms with Gasteiger partial charge in [0.1, 0.15) is 6.04 Å². The second kappa shape index (κ2) is 5.34. The molecule has 19 heavy (non-hydrogen) atoms. The molecule has 1 aromatic carbocycles. The van der Waals surface area contributed by atoms with E-state index in [1.165, 1.54) is 0 Å². The van der Waals surface area contributed by atoms with E-state index in [2.05, 4.69) is 5.32 Å². The molecule has 2 N–H and O–H groups in total. The maximum atomic E-state index is 13.0. The maximum absolute atomic E-state index is 13.0. The Balaban J connectivity index is 2.05. The molecule has 1 fully saturated rings. The van der Waals surface area contributed by atoms with Crippen LogP contribution in [0.25, 0.3) is 0 Å². The van der Waals surface area contributed by atoms with Gasteiger partial charge in [0.15, 0.2) is 11.6 Å². The molecule has 1 saturated carbocycles. The van der Waals surface area contributed by atoms with Crippen molar-refractivity contribution < 1.29 is 23.5 Å². The molecule has 0 aromatic heterocycles. The lowest BCUT2D eigenvalue weighted by molar-refractivity contribution is -0.139. The third-order valence-corrected chi connectivity index (χ3v) is 3.05. The highest BCUT2D eigenvalue weighted by Crippen LogP contribution is 2.33. The zero-order chi connectivity index (χ0) is 14.0. The van der Waals surface area contributed by atoms with Gasteiger partial charge in [-0.15, -0.1) is 0 Å². The van der Waals surface area contributed by atoms with Crippen LogP contribution < -0.4 is 5.32 Å². The first-order valence-electron chi connectivity index (χ1n) is 5.96. The van der Waals surface area contributed by atoms with Gasteiger partial charge >= 0.3 is 5.97 Å². The van der Waals surface area contributed by atoms with Crippen LogP contribution in [0.1, 0.15) is 29.6 Å². The van der Waals surface area contributed by atoms with E-state index in [1.54, 1.807) is 0 Å². The number of amides is 1. The summed E-state index contributed by atoms with van der Waals surface area (Å²) in [6.07, 6.45) is 2.29. The van der Waals surface area contributed by atoms with E-state index in [4.69, 9.17) is 5.11 Å². The van der Waals surface area contributed by atoms with Crippen molar-refractivity contribution >= 4 is 11.9 Å². The smallest absolute Gasteiger partial charge is 0.326 e. The molecule has 1 atom stereocenters. The molecule has 1 aliphatic rings. The third-order valence-electron chi connectivity index (χ3n) is 3.05. The molecule has 1 amide bonds. The molecule has 102 valence electrons. The first-order valence-corrected chi connectivity index (χ1v) is 5.96. The Morgan fingerprint density at radius 2 is 2.00 bits per heavy atom. The molecule has 0 saturated heterocycles. The minimum absolute atomic E-state index is 0.0963. The van der Waals surface area contributed by atoms with Crippen molar-refractivity contribution in [2.24, 2.45) is 5.92 Å². The van der Waals surface area contributed by atoms with E-state index in [-0.39, 0.29) is 5.56 Å². The quantitative estimate of drug-likeness (QED) is 0.858. The van der Waals surface area contributed by atoms with Crippen molar-refractivity contribution in [1.29, 1.82) is 0 Å². The van der Waals surface area contributed by atoms with E-state index >= 15 is 0 Å². The molecule has 0 unspecified atom stereocenters. The van der Waals surface area contributed by atoms with Gasteiger partial charge in [-0.05, 0) is 30.5 Å². The molecule has 0 spiro atoms. The highest BCUT2D eigenvalue weighted by atomic mass is 19.2. The second-order valence-corrected chi connectivity index (χ2v) is 4.67. The van der Waals surface area contributed by atoms with Crippen LogP contribution in [0.2, 0.25) is 0 Å². The van der Waals surface area contributed by atoms with Crippen molar-refractivity contribution in [3.63, 3.8) is 0 Å². The van der Waals surface area contributed by atoms with E-state index < -0.39 is 29.6 Å². The normalized spacial score (nSPS) is 15.9. The zero-order valence-corrected chi connectivity index (χ0v) is 10.0. The van der Waals surface area contributed by atoms with E-state index in [0.717, 1.165) is 31.0 Å². The maximum Gasteiger partial charge on any atom is 0.326 e. The Kier molecular flexibility index (Phi) is 3.78. The molecule has 1 aromatic rings. The Morgan fingerprint density at radius 3 is 2.53 bits per heavy atom. The van der Waals surface area contributed by atoms with Crippen molar-refractivity contribution in [3.05, 3.63) is 35.4 Å². The van der Waals surface area contributed by atoms with Gasteiger partial charge in [-0.1, -0.05) is 12.8 Å². The van der Waals surface area contributed by atoms with Crippen molar-refractivity contribution in [2.75, 3.05) is 0 Å². The number of carbonyl (C=O) groups is 2. The van der Waals surface area contributed by atoms with Gasteiger partial charge in [0.25, 0.3) is 5.91 Å². The number of hydrogen-bond acceptors (Lipinski definition) is 2. The van der Waals surface area contributed by atoms with Gasteiger partial charge in [0.2, 0.25) is 0 Å². The van der Waals surface area contributed by atoms with Crippen LogP contribution >= 0.6 is 0 Å². The lowest BCUT2D eigenvalue weighted by Gasteiger charge is -2.14. The summed E-state index contributed by atoms with van der Waals surface area (Å²) in [6, 6.07) is 1.71. The SMILES string of the molecule is O=C(N[C@@H](CC1CC1)C(=O)O)c1ccc(F)c(F)c1. The average Bonchev–Trinajstić information content (AvgIpc) is 3.15. The molecule has 6 heteroatoms. The predicted molar refractivity (Wildman–Crippen MR) is 62.6 cm³/mol. The fourth-order valence-corrected chi connectivity index (χ4v) is 1.79. The molecular weight excluding hydrogens is 256 g/mol. The Hall–Kier alpha value is -1.98. The van der Waals surface area contributed by atoms with E-state index in [9.17, 15) is 18.4 Å². The van der Waals surface area contributed by atoms with Crippen LogP contribution in [-0.2, 0) is 4.79 Å². The van der Waals surface area contributed by atoms with Gasteiger partial charge in [-0.3, -0.25) is 4.79 Å². The Labute approximate surface area is 108 Å². The molecular formula is C13H13F2NO3. The largest absolute Gasteiger partial charge is 0.480 e.